The molecule has 1 aliphatic carbocycles. The number of halogens is 1. The molecule has 3 heteroatoms. The van der Waals surface area contributed by atoms with Gasteiger partial charge in [0.2, 0.25) is 0 Å². The summed E-state index contributed by atoms with van der Waals surface area (Å²) in [6.45, 7) is 1.10. The van der Waals surface area contributed by atoms with E-state index >= 15 is 0 Å². The second kappa shape index (κ2) is 5.10. The summed E-state index contributed by atoms with van der Waals surface area (Å²) in [6.07, 6.45) is 7.24. The zero-order valence-electron chi connectivity index (χ0n) is 10.9. The number of aryl methyl sites for hydroxylation is 1. The maximum absolute atomic E-state index is 6.53. The molecule has 1 saturated heterocycles. The van der Waals surface area contributed by atoms with E-state index in [1.54, 1.807) is 7.11 Å². The van der Waals surface area contributed by atoms with Crippen LogP contribution in [-0.2, 0) is 12.8 Å². The zero-order valence-corrected chi connectivity index (χ0v) is 11.6. The van der Waals surface area contributed by atoms with Crippen molar-refractivity contribution in [2.24, 2.45) is 0 Å². The van der Waals surface area contributed by atoms with Crippen LogP contribution in [0.4, 0.5) is 0 Å². The molecule has 98 valence electrons. The van der Waals surface area contributed by atoms with Gasteiger partial charge in [0, 0.05) is 11.6 Å². The largest absolute Gasteiger partial charge is 0.495 e. The summed E-state index contributed by atoms with van der Waals surface area (Å²) in [7, 11) is 1.73. The number of ether oxygens (including phenoxy) is 1. The minimum Gasteiger partial charge on any atom is -0.495 e. The maximum Gasteiger partial charge on any atom is 0.142 e. The quantitative estimate of drug-likeness (QED) is 0.881. The SMILES string of the molecule is COc1c(C2CCCCN2)cc2c(c1Cl)CCC2. The number of benzene rings is 1. The van der Waals surface area contributed by atoms with E-state index in [0.717, 1.165) is 23.7 Å². The fourth-order valence-electron chi connectivity index (χ4n) is 3.28. The number of hydrogen-bond acceptors (Lipinski definition) is 2. The van der Waals surface area contributed by atoms with E-state index in [4.69, 9.17) is 16.3 Å². The number of rotatable bonds is 2. The van der Waals surface area contributed by atoms with Gasteiger partial charge in [0.05, 0.1) is 12.1 Å². The molecule has 1 fully saturated rings. The number of fused-ring (bicyclic) bond motifs is 1. The van der Waals surface area contributed by atoms with Gasteiger partial charge >= 0.3 is 0 Å². The third-order valence-electron chi connectivity index (χ3n) is 4.21. The first-order chi connectivity index (χ1) is 8.81. The first-order valence-electron chi connectivity index (χ1n) is 6.92. The van der Waals surface area contributed by atoms with Crippen LogP contribution in [0.25, 0.3) is 0 Å². The van der Waals surface area contributed by atoms with Crippen LogP contribution >= 0.6 is 11.6 Å². The summed E-state index contributed by atoms with van der Waals surface area (Å²) in [6, 6.07) is 2.74. The molecule has 0 saturated carbocycles. The molecule has 1 N–H and O–H groups in total. The van der Waals surface area contributed by atoms with E-state index in [-0.39, 0.29) is 0 Å². The summed E-state index contributed by atoms with van der Waals surface area (Å²) >= 11 is 6.53. The number of piperidine rings is 1. The third kappa shape index (κ3) is 2.02. The average molecular weight is 266 g/mol. The topological polar surface area (TPSA) is 21.3 Å². The van der Waals surface area contributed by atoms with Crippen molar-refractivity contribution < 1.29 is 4.74 Å². The maximum atomic E-state index is 6.53. The molecule has 1 aromatic rings. The fraction of sp³-hybridized carbons (Fsp3) is 0.600. The standard InChI is InChI=1S/C15H20ClNO/c1-18-15-12(13-7-2-3-8-17-13)9-10-5-4-6-11(10)14(15)16/h9,13,17H,2-8H2,1H3. The second-order valence-corrected chi connectivity index (χ2v) is 5.68. The lowest BCUT2D eigenvalue weighted by molar-refractivity contribution is 0.373. The van der Waals surface area contributed by atoms with Gasteiger partial charge in [-0.25, -0.2) is 0 Å². The summed E-state index contributed by atoms with van der Waals surface area (Å²) < 4.78 is 5.58. The predicted molar refractivity (Wildman–Crippen MR) is 74.6 cm³/mol. The van der Waals surface area contributed by atoms with Crippen molar-refractivity contribution in [3.8, 4) is 5.75 Å². The van der Waals surface area contributed by atoms with Gasteiger partial charge in [-0.3, -0.25) is 0 Å². The van der Waals surface area contributed by atoms with Crippen molar-refractivity contribution in [1.82, 2.24) is 5.32 Å². The Hall–Kier alpha value is -0.730. The molecule has 0 amide bonds. The molecule has 0 bridgehead atoms. The van der Waals surface area contributed by atoms with E-state index in [9.17, 15) is 0 Å². The van der Waals surface area contributed by atoms with Crippen molar-refractivity contribution in [2.45, 2.75) is 44.6 Å². The van der Waals surface area contributed by atoms with E-state index in [1.807, 2.05) is 0 Å². The van der Waals surface area contributed by atoms with Crippen LogP contribution in [0.5, 0.6) is 5.75 Å². The van der Waals surface area contributed by atoms with Gasteiger partial charge in [-0.05, 0) is 49.8 Å². The Kier molecular flexibility index (Phi) is 3.49. The zero-order chi connectivity index (χ0) is 12.5. The Morgan fingerprint density at radius 2 is 2.17 bits per heavy atom. The molecule has 1 aliphatic heterocycles. The van der Waals surface area contributed by atoms with Gasteiger partial charge in [0.15, 0.2) is 0 Å². The fourth-order valence-corrected chi connectivity index (χ4v) is 3.68. The first-order valence-corrected chi connectivity index (χ1v) is 7.30. The lowest BCUT2D eigenvalue weighted by Crippen LogP contribution is -2.27. The molecule has 1 unspecified atom stereocenters. The minimum atomic E-state index is 0.414. The van der Waals surface area contributed by atoms with Crippen molar-refractivity contribution >= 4 is 11.6 Å². The van der Waals surface area contributed by atoms with Crippen LogP contribution in [0.1, 0.15) is 48.4 Å². The van der Waals surface area contributed by atoms with Gasteiger partial charge in [0.1, 0.15) is 5.75 Å². The van der Waals surface area contributed by atoms with Crippen molar-refractivity contribution in [2.75, 3.05) is 13.7 Å². The second-order valence-electron chi connectivity index (χ2n) is 5.31. The van der Waals surface area contributed by atoms with E-state index in [2.05, 4.69) is 11.4 Å². The number of nitrogens with one attached hydrogen (secondary N) is 1. The average Bonchev–Trinajstić information content (AvgIpc) is 2.88. The Balaban J connectivity index is 2.04. The molecule has 1 heterocycles. The highest BCUT2D eigenvalue weighted by atomic mass is 35.5. The molecule has 2 aliphatic rings. The van der Waals surface area contributed by atoms with Crippen LogP contribution < -0.4 is 10.1 Å². The van der Waals surface area contributed by atoms with Crippen molar-refractivity contribution in [3.63, 3.8) is 0 Å². The Bertz CT molecular complexity index is 452. The highest BCUT2D eigenvalue weighted by Crippen LogP contribution is 2.42. The Labute approximate surface area is 114 Å². The summed E-state index contributed by atoms with van der Waals surface area (Å²) in [5.41, 5.74) is 4.01. The highest BCUT2D eigenvalue weighted by Gasteiger charge is 2.25. The molecule has 0 spiro atoms. The molecule has 3 rings (SSSR count). The van der Waals surface area contributed by atoms with Crippen LogP contribution in [0.15, 0.2) is 6.07 Å². The lowest BCUT2D eigenvalue weighted by atomic mass is 9.94. The third-order valence-corrected chi connectivity index (χ3v) is 4.61. The monoisotopic (exact) mass is 265 g/mol. The van der Waals surface area contributed by atoms with E-state index < -0.39 is 0 Å². The first kappa shape index (κ1) is 12.3. The van der Waals surface area contributed by atoms with E-state index in [0.29, 0.717) is 6.04 Å². The van der Waals surface area contributed by atoms with E-state index in [1.165, 1.54) is 48.8 Å². The van der Waals surface area contributed by atoms with Gasteiger partial charge in [0.25, 0.3) is 0 Å². The van der Waals surface area contributed by atoms with Crippen LogP contribution in [0.3, 0.4) is 0 Å². The molecule has 0 radical (unpaired) electrons. The van der Waals surface area contributed by atoms with Crippen LogP contribution in [0, 0.1) is 0 Å². The van der Waals surface area contributed by atoms with Crippen LogP contribution in [0.2, 0.25) is 5.02 Å². The highest BCUT2D eigenvalue weighted by molar-refractivity contribution is 6.33. The van der Waals surface area contributed by atoms with Crippen molar-refractivity contribution in [3.05, 3.63) is 27.8 Å². The van der Waals surface area contributed by atoms with Gasteiger partial charge < -0.3 is 10.1 Å². The molecule has 1 atom stereocenters. The Morgan fingerprint density at radius 1 is 1.28 bits per heavy atom. The number of methoxy groups -OCH3 is 1. The normalized spacial score (nSPS) is 22.9. The summed E-state index contributed by atoms with van der Waals surface area (Å²) in [5, 5.41) is 4.45. The summed E-state index contributed by atoms with van der Waals surface area (Å²) in [4.78, 5) is 0. The van der Waals surface area contributed by atoms with Gasteiger partial charge in [-0.1, -0.05) is 24.1 Å². The molecular weight excluding hydrogens is 246 g/mol. The smallest absolute Gasteiger partial charge is 0.142 e. The molecule has 2 nitrogen and oxygen atoms in total. The van der Waals surface area contributed by atoms with Crippen LogP contribution in [-0.4, -0.2) is 13.7 Å². The van der Waals surface area contributed by atoms with Gasteiger partial charge in [-0.2, -0.15) is 0 Å². The predicted octanol–water partition coefficient (Wildman–Crippen LogP) is 3.65. The molecular formula is C15H20ClNO. The Morgan fingerprint density at radius 3 is 2.89 bits per heavy atom. The summed E-state index contributed by atoms with van der Waals surface area (Å²) in [5.74, 6) is 0.900. The molecule has 18 heavy (non-hydrogen) atoms. The van der Waals surface area contributed by atoms with Gasteiger partial charge in [-0.15, -0.1) is 0 Å². The van der Waals surface area contributed by atoms with Crippen molar-refractivity contribution in [1.29, 1.82) is 0 Å². The minimum absolute atomic E-state index is 0.414. The lowest BCUT2D eigenvalue weighted by Gasteiger charge is -2.26. The number of hydrogen-bond donors (Lipinski definition) is 1. The molecule has 1 aromatic carbocycles. The molecule has 0 aromatic heterocycles.